The second kappa shape index (κ2) is 4.35. The summed E-state index contributed by atoms with van der Waals surface area (Å²) in [7, 11) is -1.26. The maximum absolute atomic E-state index is 5.63. The third kappa shape index (κ3) is 2.68. The van der Waals surface area contributed by atoms with Crippen molar-refractivity contribution >= 4 is 8.07 Å². The van der Waals surface area contributed by atoms with E-state index in [0.29, 0.717) is 5.92 Å². The molecule has 2 heteroatoms. The second-order valence-corrected chi connectivity index (χ2v) is 10.00. The van der Waals surface area contributed by atoms with Crippen LogP contribution in [0.25, 0.3) is 0 Å². The van der Waals surface area contributed by atoms with Crippen molar-refractivity contribution in [1.29, 1.82) is 0 Å². The van der Waals surface area contributed by atoms with Gasteiger partial charge in [-0.05, 0) is 12.5 Å². The number of ether oxygens (including phenoxy) is 1. The van der Waals surface area contributed by atoms with Crippen LogP contribution in [0.4, 0.5) is 0 Å². The van der Waals surface area contributed by atoms with Gasteiger partial charge < -0.3 is 4.74 Å². The van der Waals surface area contributed by atoms with E-state index >= 15 is 0 Å². The van der Waals surface area contributed by atoms with Crippen molar-refractivity contribution < 1.29 is 4.74 Å². The van der Waals surface area contributed by atoms with Crippen LogP contribution in [0.5, 0.6) is 5.75 Å². The van der Waals surface area contributed by atoms with Crippen LogP contribution >= 0.6 is 0 Å². The summed E-state index contributed by atoms with van der Waals surface area (Å²) in [6, 6.07) is 8.26. The summed E-state index contributed by atoms with van der Waals surface area (Å²) < 4.78 is 5.63. The van der Waals surface area contributed by atoms with Gasteiger partial charge in [-0.25, -0.2) is 0 Å². The standard InChI is InChI=1S/C14H18OSi/c1-16(2,3)11-9-12-8-10-15-14-7-5-4-6-13(12)14/h4-7,12H,8,10H2,1-3H3. The Bertz CT molecular complexity index is 434. The van der Waals surface area contributed by atoms with Gasteiger partial charge in [-0.2, -0.15) is 0 Å². The number of rotatable bonds is 0. The predicted molar refractivity (Wildman–Crippen MR) is 70.4 cm³/mol. The van der Waals surface area contributed by atoms with Crippen LogP contribution in [-0.2, 0) is 0 Å². The van der Waals surface area contributed by atoms with E-state index in [2.05, 4.69) is 43.2 Å². The average molecular weight is 230 g/mol. The molecule has 0 saturated carbocycles. The van der Waals surface area contributed by atoms with Crippen molar-refractivity contribution in [3.05, 3.63) is 29.8 Å². The average Bonchev–Trinajstić information content (AvgIpc) is 2.25. The van der Waals surface area contributed by atoms with Crippen LogP contribution in [-0.4, -0.2) is 14.7 Å². The molecular formula is C14H18OSi. The molecule has 0 spiro atoms. The van der Waals surface area contributed by atoms with Crippen molar-refractivity contribution in [2.45, 2.75) is 32.0 Å². The summed E-state index contributed by atoms with van der Waals surface area (Å²) in [6.45, 7) is 7.64. The maximum atomic E-state index is 5.63. The van der Waals surface area contributed by atoms with E-state index < -0.39 is 8.07 Å². The van der Waals surface area contributed by atoms with E-state index in [1.807, 2.05) is 12.1 Å². The Kier molecular flexibility index (Phi) is 3.07. The van der Waals surface area contributed by atoms with Crippen LogP contribution in [0.15, 0.2) is 24.3 Å². The summed E-state index contributed by atoms with van der Waals surface area (Å²) in [5, 5.41) is 0. The third-order valence-electron chi connectivity index (χ3n) is 2.58. The van der Waals surface area contributed by atoms with Gasteiger partial charge in [-0.1, -0.05) is 37.8 Å². The molecule has 0 saturated heterocycles. The van der Waals surface area contributed by atoms with E-state index in [9.17, 15) is 0 Å². The number of benzene rings is 1. The first-order chi connectivity index (χ1) is 7.56. The Balaban J connectivity index is 2.28. The minimum atomic E-state index is -1.26. The molecule has 16 heavy (non-hydrogen) atoms. The molecule has 0 aliphatic carbocycles. The first kappa shape index (κ1) is 11.3. The maximum Gasteiger partial charge on any atom is 0.129 e. The molecule has 1 atom stereocenters. The van der Waals surface area contributed by atoms with Crippen molar-refractivity contribution in [2.24, 2.45) is 0 Å². The molecule has 0 aromatic heterocycles. The van der Waals surface area contributed by atoms with E-state index in [0.717, 1.165) is 18.8 Å². The molecule has 0 radical (unpaired) electrons. The molecule has 1 aromatic rings. The first-order valence-electron chi connectivity index (χ1n) is 5.81. The highest BCUT2D eigenvalue weighted by Gasteiger charge is 2.19. The van der Waals surface area contributed by atoms with Crippen LogP contribution in [0.1, 0.15) is 17.9 Å². The van der Waals surface area contributed by atoms with Crippen molar-refractivity contribution in [2.75, 3.05) is 6.61 Å². The Hall–Kier alpha value is -1.20. The molecule has 1 nitrogen and oxygen atoms in total. The Morgan fingerprint density at radius 1 is 1.25 bits per heavy atom. The molecule has 84 valence electrons. The molecule has 1 heterocycles. The van der Waals surface area contributed by atoms with Gasteiger partial charge in [-0.3, -0.25) is 0 Å². The molecule has 2 rings (SSSR count). The minimum absolute atomic E-state index is 0.372. The third-order valence-corrected chi connectivity index (χ3v) is 3.47. The molecule has 1 aromatic carbocycles. The Morgan fingerprint density at radius 2 is 2.00 bits per heavy atom. The van der Waals surface area contributed by atoms with Crippen LogP contribution in [0, 0.1) is 11.5 Å². The van der Waals surface area contributed by atoms with E-state index in [1.165, 1.54) is 5.56 Å². The molecule has 0 fully saturated rings. The van der Waals surface area contributed by atoms with Gasteiger partial charge in [0.05, 0.1) is 12.5 Å². The molecule has 1 unspecified atom stereocenters. The number of hydrogen-bond donors (Lipinski definition) is 0. The minimum Gasteiger partial charge on any atom is -0.493 e. The van der Waals surface area contributed by atoms with Crippen LogP contribution in [0.3, 0.4) is 0 Å². The summed E-state index contributed by atoms with van der Waals surface area (Å²) in [4.78, 5) is 0. The molecule has 1 aliphatic heterocycles. The lowest BCUT2D eigenvalue weighted by atomic mass is 9.94. The van der Waals surface area contributed by atoms with Crippen molar-refractivity contribution in [1.82, 2.24) is 0 Å². The zero-order valence-corrected chi connectivity index (χ0v) is 11.2. The summed E-state index contributed by atoms with van der Waals surface area (Å²) in [5.74, 6) is 4.84. The predicted octanol–water partition coefficient (Wildman–Crippen LogP) is 3.43. The molecule has 0 N–H and O–H groups in total. The smallest absolute Gasteiger partial charge is 0.129 e. The Labute approximate surface area is 98.8 Å². The number of hydrogen-bond acceptors (Lipinski definition) is 1. The second-order valence-electron chi connectivity index (χ2n) is 5.25. The van der Waals surface area contributed by atoms with Gasteiger partial charge in [0.25, 0.3) is 0 Å². The lowest BCUT2D eigenvalue weighted by Crippen LogP contribution is -2.18. The molecular weight excluding hydrogens is 212 g/mol. The summed E-state index contributed by atoms with van der Waals surface area (Å²) >= 11 is 0. The monoisotopic (exact) mass is 230 g/mol. The van der Waals surface area contributed by atoms with Gasteiger partial charge in [-0.15, -0.1) is 11.5 Å². The van der Waals surface area contributed by atoms with Crippen LogP contribution in [0.2, 0.25) is 19.6 Å². The first-order valence-corrected chi connectivity index (χ1v) is 9.31. The quantitative estimate of drug-likeness (QED) is 0.490. The van der Waals surface area contributed by atoms with Gasteiger partial charge in [0.2, 0.25) is 0 Å². The van der Waals surface area contributed by atoms with Crippen LogP contribution < -0.4 is 4.74 Å². The normalized spacial score (nSPS) is 19.1. The van der Waals surface area contributed by atoms with Gasteiger partial charge in [0, 0.05) is 5.56 Å². The largest absolute Gasteiger partial charge is 0.493 e. The van der Waals surface area contributed by atoms with Crippen molar-refractivity contribution in [3.63, 3.8) is 0 Å². The SMILES string of the molecule is C[Si](C)(C)C#CC1CCOc2ccccc21. The fourth-order valence-corrected chi connectivity index (χ4v) is 2.40. The zero-order valence-electron chi connectivity index (χ0n) is 10.2. The van der Waals surface area contributed by atoms with Gasteiger partial charge in [0.1, 0.15) is 13.8 Å². The highest BCUT2D eigenvalue weighted by Crippen LogP contribution is 2.32. The van der Waals surface area contributed by atoms with E-state index in [-0.39, 0.29) is 0 Å². The lowest BCUT2D eigenvalue weighted by molar-refractivity contribution is 0.280. The van der Waals surface area contributed by atoms with Crippen molar-refractivity contribution in [3.8, 4) is 17.2 Å². The van der Waals surface area contributed by atoms with Gasteiger partial charge in [0.15, 0.2) is 0 Å². The van der Waals surface area contributed by atoms with E-state index in [4.69, 9.17) is 4.74 Å². The number of fused-ring (bicyclic) bond motifs is 1. The highest BCUT2D eigenvalue weighted by molar-refractivity contribution is 6.83. The fraction of sp³-hybridized carbons (Fsp3) is 0.429. The Morgan fingerprint density at radius 3 is 2.75 bits per heavy atom. The summed E-state index contributed by atoms with van der Waals surface area (Å²) in [5.41, 5.74) is 4.73. The molecule has 1 aliphatic rings. The fourth-order valence-electron chi connectivity index (χ4n) is 1.80. The summed E-state index contributed by atoms with van der Waals surface area (Å²) in [6.07, 6.45) is 1.02. The number of para-hydroxylation sites is 1. The van der Waals surface area contributed by atoms with E-state index in [1.54, 1.807) is 0 Å². The highest BCUT2D eigenvalue weighted by atomic mass is 28.3. The lowest BCUT2D eigenvalue weighted by Gasteiger charge is -2.22. The zero-order chi connectivity index (χ0) is 11.6. The topological polar surface area (TPSA) is 9.23 Å². The molecule has 0 bridgehead atoms. The molecule has 0 amide bonds. The van der Waals surface area contributed by atoms with Gasteiger partial charge >= 0.3 is 0 Å².